The highest BCUT2D eigenvalue weighted by atomic mass is 32.1. The van der Waals surface area contributed by atoms with E-state index in [1.54, 1.807) is 0 Å². The molecule has 2 N–H and O–H groups in total. The molecule has 1 heterocycles. The number of aryl methyl sites for hydroxylation is 3. The van der Waals surface area contributed by atoms with Crippen LogP contribution in [0.3, 0.4) is 0 Å². The molecule has 3 aromatic rings. The maximum Gasteiger partial charge on any atom is 0.270 e. The number of nitrogens with zero attached hydrogens (tertiary/aromatic N) is 2. The number of aromatic hydroxyl groups is 1. The summed E-state index contributed by atoms with van der Waals surface area (Å²) in [6.45, 7) is 4.03. The Morgan fingerprint density at radius 3 is 2.59 bits per heavy atom. The van der Waals surface area contributed by atoms with Crippen molar-refractivity contribution in [3.8, 4) is 5.75 Å². The molecule has 34 heavy (non-hydrogen) atoms. The van der Waals surface area contributed by atoms with Gasteiger partial charge in [-0.3, -0.25) is 14.9 Å². The Bertz CT molecular complexity index is 1280. The predicted octanol–water partition coefficient (Wildman–Crippen LogP) is 6.64. The zero-order valence-corrected chi connectivity index (χ0v) is 20.1. The van der Waals surface area contributed by atoms with Crippen LogP contribution in [-0.4, -0.2) is 22.2 Å². The van der Waals surface area contributed by atoms with E-state index in [1.165, 1.54) is 47.0 Å². The molecule has 0 fully saturated rings. The Hall–Kier alpha value is -3.52. The normalized spacial score (nSPS) is 13.8. The molecular weight excluding hydrogens is 450 g/mol. The zero-order chi connectivity index (χ0) is 24.2. The van der Waals surface area contributed by atoms with Crippen LogP contribution in [0.5, 0.6) is 5.75 Å². The molecule has 1 aliphatic rings. The SMILES string of the molecule is Cc1ccc(NC(=O)c2c(N=Cc3cc([N+](=O)[O-])ccc3O)sc3c2CCCCCC3)cc1C. The first kappa shape index (κ1) is 23.6. The number of amides is 1. The van der Waals surface area contributed by atoms with E-state index in [9.17, 15) is 20.0 Å². The number of nitro benzene ring substituents is 1. The van der Waals surface area contributed by atoms with E-state index in [1.807, 2.05) is 32.0 Å². The van der Waals surface area contributed by atoms with Crippen LogP contribution in [0.2, 0.25) is 0 Å². The van der Waals surface area contributed by atoms with Crippen LogP contribution in [-0.2, 0) is 12.8 Å². The molecule has 8 heteroatoms. The van der Waals surface area contributed by atoms with Crippen molar-refractivity contribution < 1.29 is 14.8 Å². The van der Waals surface area contributed by atoms with Crippen LogP contribution >= 0.6 is 11.3 Å². The van der Waals surface area contributed by atoms with Crippen molar-refractivity contribution in [3.05, 3.63) is 79.2 Å². The van der Waals surface area contributed by atoms with Crippen molar-refractivity contribution >= 4 is 39.8 Å². The summed E-state index contributed by atoms with van der Waals surface area (Å²) in [5, 5.41) is 24.9. The maximum atomic E-state index is 13.5. The average molecular weight is 478 g/mol. The minimum absolute atomic E-state index is 0.106. The predicted molar refractivity (Wildman–Crippen MR) is 136 cm³/mol. The highest BCUT2D eigenvalue weighted by Gasteiger charge is 2.24. The van der Waals surface area contributed by atoms with Crippen molar-refractivity contribution in [2.45, 2.75) is 52.4 Å². The van der Waals surface area contributed by atoms with Crippen molar-refractivity contribution in [2.24, 2.45) is 4.99 Å². The lowest BCUT2D eigenvalue weighted by Gasteiger charge is -2.12. The first-order valence-electron chi connectivity index (χ1n) is 11.4. The number of phenolic OH excluding ortho intramolecular Hbond substituents is 1. The summed E-state index contributed by atoms with van der Waals surface area (Å²) in [6, 6.07) is 9.62. The first-order chi connectivity index (χ1) is 16.3. The minimum Gasteiger partial charge on any atom is -0.507 e. The number of nitro groups is 1. The number of fused-ring (bicyclic) bond motifs is 1. The van der Waals surface area contributed by atoms with Gasteiger partial charge in [0.15, 0.2) is 0 Å². The molecule has 1 aromatic heterocycles. The van der Waals surface area contributed by atoms with E-state index in [4.69, 9.17) is 0 Å². The van der Waals surface area contributed by atoms with Gasteiger partial charge in [-0.2, -0.15) is 0 Å². The largest absolute Gasteiger partial charge is 0.507 e. The lowest BCUT2D eigenvalue weighted by atomic mass is 9.96. The summed E-state index contributed by atoms with van der Waals surface area (Å²) in [4.78, 5) is 29.8. The molecule has 0 spiro atoms. The average Bonchev–Trinajstić information content (AvgIpc) is 3.12. The number of hydrogen-bond acceptors (Lipinski definition) is 6. The van der Waals surface area contributed by atoms with E-state index in [-0.39, 0.29) is 22.9 Å². The quantitative estimate of drug-likeness (QED) is 0.244. The van der Waals surface area contributed by atoms with Gasteiger partial charge in [-0.1, -0.05) is 18.9 Å². The number of carbonyl (C=O) groups is 1. The van der Waals surface area contributed by atoms with Crippen LogP contribution in [0, 0.1) is 24.0 Å². The fourth-order valence-electron chi connectivity index (χ4n) is 4.13. The molecular formula is C26H27N3O4S. The van der Waals surface area contributed by atoms with Crippen molar-refractivity contribution in [2.75, 3.05) is 5.32 Å². The Morgan fingerprint density at radius 1 is 1.09 bits per heavy atom. The standard InChI is InChI=1S/C26H27N3O4S/c1-16-9-10-19(13-17(16)2)28-25(31)24-21-7-5-3-4-6-8-23(21)34-26(24)27-15-18-14-20(29(32)33)11-12-22(18)30/h9-15,30H,3-8H2,1-2H3,(H,28,31). The number of thiophene rings is 1. The van der Waals surface area contributed by atoms with E-state index >= 15 is 0 Å². The van der Waals surface area contributed by atoms with Gasteiger partial charge < -0.3 is 10.4 Å². The summed E-state index contributed by atoms with van der Waals surface area (Å²) in [7, 11) is 0. The van der Waals surface area contributed by atoms with Gasteiger partial charge in [0.2, 0.25) is 0 Å². The molecule has 0 bridgehead atoms. The van der Waals surface area contributed by atoms with Crippen molar-refractivity contribution in [1.29, 1.82) is 0 Å². The van der Waals surface area contributed by atoms with Crippen molar-refractivity contribution in [1.82, 2.24) is 0 Å². The second-order valence-electron chi connectivity index (χ2n) is 8.61. The van der Waals surface area contributed by atoms with Gasteiger partial charge in [0.25, 0.3) is 11.6 Å². The van der Waals surface area contributed by atoms with Gasteiger partial charge in [-0.25, -0.2) is 4.99 Å². The summed E-state index contributed by atoms with van der Waals surface area (Å²) in [6.07, 6.45) is 7.51. The van der Waals surface area contributed by atoms with Crippen molar-refractivity contribution in [3.63, 3.8) is 0 Å². The number of carbonyl (C=O) groups excluding carboxylic acids is 1. The van der Waals surface area contributed by atoms with E-state index in [0.717, 1.165) is 54.5 Å². The number of benzene rings is 2. The van der Waals surface area contributed by atoms with Crippen LogP contribution in [0.4, 0.5) is 16.4 Å². The second-order valence-corrected chi connectivity index (χ2v) is 9.69. The Labute approximate surface area is 202 Å². The number of nitrogens with one attached hydrogen (secondary N) is 1. The molecule has 0 aliphatic heterocycles. The maximum absolute atomic E-state index is 13.5. The topological polar surface area (TPSA) is 105 Å². The molecule has 0 saturated carbocycles. The van der Waals surface area contributed by atoms with Crippen LogP contribution < -0.4 is 5.32 Å². The van der Waals surface area contributed by atoms with E-state index < -0.39 is 4.92 Å². The summed E-state index contributed by atoms with van der Waals surface area (Å²) >= 11 is 1.49. The number of rotatable bonds is 5. The van der Waals surface area contributed by atoms with Gasteiger partial charge in [0.1, 0.15) is 10.8 Å². The molecule has 0 saturated heterocycles. The van der Waals surface area contributed by atoms with Gasteiger partial charge in [-0.15, -0.1) is 11.3 Å². The molecule has 0 radical (unpaired) electrons. The third kappa shape index (κ3) is 5.17. The fraction of sp³-hybridized carbons (Fsp3) is 0.308. The molecule has 0 unspecified atom stereocenters. The van der Waals surface area contributed by atoms with Gasteiger partial charge in [0.05, 0.1) is 10.5 Å². The second kappa shape index (κ2) is 10.2. The molecule has 0 atom stereocenters. The molecule has 2 aromatic carbocycles. The third-order valence-electron chi connectivity index (χ3n) is 6.19. The lowest BCUT2D eigenvalue weighted by molar-refractivity contribution is -0.384. The molecule has 1 aliphatic carbocycles. The van der Waals surface area contributed by atoms with Crippen LogP contribution in [0.1, 0.15) is 63.2 Å². The van der Waals surface area contributed by atoms with Crippen LogP contribution in [0.15, 0.2) is 41.4 Å². The number of phenols is 1. The fourth-order valence-corrected chi connectivity index (χ4v) is 5.36. The Morgan fingerprint density at radius 2 is 1.85 bits per heavy atom. The van der Waals surface area contributed by atoms with Crippen LogP contribution in [0.25, 0.3) is 0 Å². The van der Waals surface area contributed by atoms with Gasteiger partial charge in [-0.05, 0) is 74.4 Å². The number of aliphatic imine (C=N–C) groups is 1. The highest BCUT2D eigenvalue weighted by Crippen LogP contribution is 2.39. The number of hydrogen-bond donors (Lipinski definition) is 2. The summed E-state index contributed by atoms with van der Waals surface area (Å²) < 4.78 is 0. The summed E-state index contributed by atoms with van der Waals surface area (Å²) in [5.41, 5.74) is 4.67. The van der Waals surface area contributed by atoms with Gasteiger partial charge >= 0.3 is 0 Å². The molecule has 176 valence electrons. The first-order valence-corrected chi connectivity index (χ1v) is 12.2. The van der Waals surface area contributed by atoms with E-state index in [0.29, 0.717) is 10.6 Å². The molecule has 7 nitrogen and oxygen atoms in total. The van der Waals surface area contributed by atoms with Gasteiger partial charge in [0, 0.05) is 34.5 Å². The van der Waals surface area contributed by atoms with E-state index in [2.05, 4.69) is 10.3 Å². The monoisotopic (exact) mass is 477 g/mol. The molecule has 4 rings (SSSR count). The Balaban J connectivity index is 1.73. The Kier molecular flexibility index (Phi) is 7.07. The summed E-state index contributed by atoms with van der Waals surface area (Å²) in [5.74, 6) is -0.317. The zero-order valence-electron chi connectivity index (χ0n) is 19.3. The number of non-ortho nitro benzene ring substituents is 1. The third-order valence-corrected chi connectivity index (χ3v) is 7.39. The minimum atomic E-state index is -0.518. The lowest BCUT2D eigenvalue weighted by Crippen LogP contribution is -2.14. The highest BCUT2D eigenvalue weighted by molar-refractivity contribution is 7.16. The smallest absolute Gasteiger partial charge is 0.270 e. The number of anilines is 1. The molecule has 1 amide bonds.